The Morgan fingerprint density at radius 2 is 1.23 bits per heavy atom. The second-order valence-corrected chi connectivity index (χ2v) is 25.5. The van der Waals surface area contributed by atoms with Gasteiger partial charge < -0.3 is 104 Å². The maximum Gasteiger partial charge on any atom is 0.312 e. The third kappa shape index (κ3) is 9.16. The van der Waals surface area contributed by atoms with Crippen molar-refractivity contribution in [2.45, 2.75) is 229 Å². The Balaban J connectivity index is 0.971. The molecule has 0 aromatic carbocycles. The first-order valence-corrected chi connectivity index (χ1v) is 26.7. The number of aliphatic hydroxyl groups excluding tert-OH is 12. The normalized spacial score (nSPS) is 54.1. The third-order valence-corrected chi connectivity index (χ3v) is 20.7. The zero-order chi connectivity index (χ0) is 54.0. The van der Waals surface area contributed by atoms with Crippen LogP contribution in [0.3, 0.4) is 0 Å². The van der Waals surface area contributed by atoms with Gasteiger partial charge in [-0.3, -0.25) is 4.79 Å². The van der Waals surface area contributed by atoms with Crippen molar-refractivity contribution >= 4 is 5.97 Å². The van der Waals surface area contributed by atoms with Gasteiger partial charge in [-0.05, 0) is 103 Å². The molecule has 3 unspecified atom stereocenters. The quantitative estimate of drug-likeness (QED) is 0.0852. The van der Waals surface area contributed by atoms with Crippen LogP contribution < -0.4 is 0 Å². The first kappa shape index (κ1) is 57.1. The summed E-state index contributed by atoms with van der Waals surface area (Å²) in [6, 6.07) is 0. The van der Waals surface area contributed by atoms with Gasteiger partial charge in [0.15, 0.2) is 25.2 Å². The van der Waals surface area contributed by atoms with Crippen LogP contribution in [-0.2, 0) is 42.7 Å². The Kier molecular flexibility index (Phi) is 15.8. The molecule has 8 fully saturated rings. The predicted octanol–water partition coefficient (Wildman–Crippen LogP) is -1.22. The van der Waals surface area contributed by atoms with E-state index >= 15 is 0 Å². The molecule has 74 heavy (non-hydrogen) atoms. The molecule has 0 amide bonds. The minimum absolute atomic E-state index is 0.0480. The lowest BCUT2D eigenvalue weighted by atomic mass is 9.33. The van der Waals surface area contributed by atoms with E-state index in [9.17, 15) is 71.2 Å². The molecule has 0 radical (unpaired) electrons. The van der Waals surface area contributed by atoms with Crippen LogP contribution in [-0.4, -0.2) is 222 Å². The summed E-state index contributed by atoms with van der Waals surface area (Å²) in [6.07, 6.45) is -23.1. The number of aliphatic hydroxyl groups is 12. The van der Waals surface area contributed by atoms with E-state index in [2.05, 4.69) is 54.5 Å². The molecule has 424 valence electrons. The molecule has 13 N–H and O–H groups in total. The van der Waals surface area contributed by atoms with Crippen LogP contribution in [0.2, 0.25) is 0 Å². The Hall–Kier alpha value is -1.59. The molecule has 9 rings (SSSR count). The maximum absolute atomic E-state index is 13.3. The van der Waals surface area contributed by atoms with Gasteiger partial charge in [0.1, 0.15) is 90.9 Å². The summed E-state index contributed by atoms with van der Waals surface area (Å²) in [5, 5.41) is 141. The number of ether oxygens (including phenoxy) is 8. The average molecular weight is 1060 g/mol. The van der Waals surface area contributed by atoms with Crippen molar-refractivity contribution in [1.29, 1.82) is 0 Å². The summed E-state index contributed by atoms with van der Waals surface area (Å²) in [5.41, 5.74) is -1.78. The fourth-order valence-corrected chi connectivity index (χ4v) is 16.0. The van der Waals surface area contributed by atoms with Crippen molar-refractivity contribution < 1.29 is 109 Å². The number of carboxylic acid groups (broad SMARTS) is 1. The molecule has 0 aromatic rings. The predicted molar refractivity (Wildman–Crippen MR) is 253 cm³/mol. The minimum atomic E-state index is -1.89. The van der Waals surface area contributed by atoms with Crippen LogP contribution in [0, 0.1) is 50.2 Å². The highest BCUT2D eigenvalue weighted by Gasteiger charge is 2.72. The van der Waals surface area contributed by atoms with E-state index in [0.717, 1.165) is 25.7 Å². The van der Waals surface area contributed by atoms with Gasteiger partial charge in [-0.1, -0.05) is 60.1 Å². The summed E-state index contributed by atoms with van der Waals surface area (Å²) in [5.74, 6) is -1.02. The van der Waals surface area contributed by atoms with E-state index in [4.69, 9.17) is 37.9 Å². The van der Waals surface area contributed by atoms with Crippen molar-refractivity contribution in [1.82, 2.24) is 0 Å². The summed E-state index contributed by atoms with van der Waals surface area (Å²) in [7, 11) is 0. The van der Waals surface area contributed by atoms with Gasteiger partial charge in [0.05, 0.1) is 38.6 Å². The second kappa shape index (κ2) is 20.5. The van der Waals surface area contributed by atoms with Crippen LogP contribution in [0.25, 0.3) is 0 Å². The average Bonchev–Trinajstić information content (AvgIpc) is 3.34. The number of fused-ring (bicyclic) bond motifs is 7. The van der Waals surface area contributed by atoms with E-state index in [1.807, 2.05) is 0 Å². The number of rotatable bonds is 11. The molecule has 0 bridgehead atoms. The lowest BCUT2D eigenvalue weighted by molar-refractivity contribution is -0.384. The molecule has 4 aliphatic heterocycles. The van der Waals surface area contributed by atoms with Gasteiger partial charge in [0.25, 0.3) is 0 Å². The van der Waals surface area contributed by atoms with Crippen molar-refractivity contribution in [3.8, 4) is 0 Å². The SMILES string of the molecule is CC1(C)CC[C@]2(C(=O)O)[C@H](O)C[C@]3(C)C(=CC[C@@H]4[C@@]5(C)CC[C@H](O[C@@H]6O[C@H](CO[C@@H]7OC[C@H](O)[C@H](O)[C@H]7O[C@@H]7OC[C@@H](O)[C@H](O)[C@H]7O)C(O)C(O)[C@H]6O[C@@H]6O[C@H](CO)[C@@H](O)[C@H](O)C6O)C(C)(C)[C@@H]5CC[C@]43C)[C@@H]2C1. The van der Waals surface area contributed by atoms with E-state index < -0.39 is 171 Å². The number of aliphatic carboxylic acids is 1. The molecule has 4 saturated carbocycles. The lowest BCUT2D eigenvalue weighted by Crippen LogP contribution is -2.68. The first-order valence-electron chi connectivity index (χ1n) is 26.7. The largest absolute Gasteiger partial charge is 0.481 e. The number of hydrogen-bond donors (Lipinski definition) is 13. The van der Waals surface area contributed by atoms with Crippen molar-refractivity contribution in [2.24, 2.45) is 50.2 Å². The zero-order valence-electron chi connectivity index (χ0n) is 43.5. The summed E-state index contributed by atoms with van der Waals surface area (Å²) in [4.78, 5) is 13.3. The molecular formula is C52H84O22. The molecule has 4 heterocycles. The smallest absolute Gasteiger partial charge is 0.312 e. The van der Waals surface area contributed by atoms with Gasteiger partial charge in [-0.25, -0.2) is 0 Å². The Labute approximate surface area is 431 Å². The topological polar surface area (TPSA) is 354 Å². The number of hydrogen-bond acceptors (Lipinski definition) is 21. The van der Waals surface area contributed by atoms with Crippen molar-refractivity contribution in [3.63, 3.8) is 0 Å². The van der Waals surface area contributed by atoms with E-state index in [1.54, 1.807) is 0 Å². The molecule has 4 saturated heterocycles. The number of allylic oxidation sites excluding steroid dienone is 2. The first-order chi connectivity index (χ1) is 34.6. The summed E-state index contributed by atoms with van der Waals surface area (Å²) >= 11 is 0. The number of carbonyl (C=O) groups is 1. The highest BCUT2D eigenvalue weighted by Crippen LogP contribution is 2.76. The van der Waals surface area contributed by atoms with E-state index in [-0.39, 0.29) is 34.0 Å². The van der Waals surface area contributed by atoms with E-state index in [1.165, 1.54) is 5.57 Å². The molecule has 9 aliphatic rings. The Bertz CT molecular complexity index is 2040. The molecule has 5 aliphatic carbocycles. The fourth-order valence-electron chi connectivity index (χ4n) is 16.0. The summed E-state index contributed by atoms with van der Waals surface area (Å²) in [6.45, 7) is 13.4. The molecule has 22 nitrogen and oxygen atoms in total. The molecule has 0 spiro atoms. The van der Waals surface area contributed by atoms with Crippen LogP contribution in [0.1, 0.15) is 106 Å². The van der Waals surface area contributed by atoms with Crippen LogP contribution in [0.15, 0.2) is 11.6 Å². The van der Waals surface area contributed by atoms with Gasteiger partial charge >= 0.3 is 5.97 Å². The van der Waals surface area contributed by atoms with Crippen LogP contribution in [0.4, 0.5) is 0 Å². The fraction of sp³-hybridized carbons (Fsp3) is 0.942. The standard InChI is InChI=1S/C52H84O22/c1-47(2)14-15-52(46(65)66)23(16-47)22-8-9-29-49(5)12-11-31(48(3,4)28(49)10-13-50(29,6)51(22,7)17-30(52)56)72-45-41(74-43-39(64)36(61)34(59)26(18-53)70-43)37(62)35(60)27(71-45)21-69-44-40(33(58)25(55)20-68-44)73-42-38(63)32(57)24(54)19-67-42/h8,23-45,53-64H,9-21H2,1-7H3,(H,65,66)/t23-,24+,25-,26+,27+,28-,29+,30+,31-,32-,33-,34+,35?,36-,37?,38+,39?,40+,41+,42-,43-,44-,45-,49-,50+,51+,52+/m0/s1. The highest BCUT2D eigenvalue weighted by atomic mass is 16.8. The molecule has 22 heteroatoms. The maximum atomic E-state index is 13.3. The van der Waals surface area contributed by atoms with Gasteiger partial charge in [0, 0.05) is 0 Å². The summed E-state index contributed by atoms with van der Waals surface area (Å²) < 4.78 is 48.1. The van der Waals surface area contributed by atoms with E-state index in [0.29, 0.717) is 32.1 Å². The highest BCUT2D eigenvalue weighted by molar-refractivity contribution is 5.77. The van der Waals surface area contributed by atoms with Gasteiger partial charge in [0.2, 0.25) is 0 Å². The van der Waals surface area contributed by atoms with Gasteiger partial charge in [-0.2, -0.15) is 0 Å². The lowest BCUT2D eigenvalue weighted by Gasteiger charge is -2.71. The second-order valence-electron chi connectivity index (χ2n) is 25.5. The Morgan fingerprint density at radius 3 is 1.91 bits per heavy atom. The molecule has 27 atom stereocenters. The van der Waals surface area contributed by atoms with Crippen molar-refractivity contribution in [3.05, 3.63) is 11.6 Å². The van der Waals surface area contributed by atoms with Crippen molar-refractivity contribution in [2.75, 3.05) is 26.4 Å². The Morgan fingerprint density at radius 1 is 0.622 bits per heavy atom. The third-order valence-electron chi connectivity index (χ3n) is 20.7. The molecular weight excluding hydrogens is 977 g/mol. The minimum Gasteiger partial charge on any atom is -0.481 e. The van der Waals surface area contributed by atoms with Crippen LogP contribution >= 0.6 is 0 Å². The monoisotopic (exact) mass is 1060 g/mol. The number of carboxylic acids is 1. The molecule has 0 aromatic heterocycles. The zero-order valence-corrected chi connectivity index (χ0v) is 43.5. The van der Waals surface area contributed by atoms with Gasteiger partial charge in [-0.15, -0.1) is 0 Å². The van der Waals surface area contributed by atoms with Crippen LogP contribution in [0.5, 0.6) is 0 Å².